The summed E-state index contributed by atoms with van der Waals surface area (Å²) >= 11 is 0. The summed E-state index contributed by atoms with van der Waals surface area (Å²) < 4.78 is 40.6. The minimum atomic E-state index is -4.27. The Morgan fingerprint density at radius 1 is 1.56 bits per heavy atom. The van der Waals surface area contributed by atoms with E-state index in [9.17, 15) is 18.0 Å². The van der Waals surface area contributed by atoms with Crippen LogP contribution in [0.1, 0.15) is 6.42 Å². The predicted molar refractivity (Wildman–Crippen MR) is 50.8 cm³/mol. The molecule has 1 aliphatic rings. The molecule has 2 atom stereocenters. The quantitative estimate of drug-likeness (QED) is 0.696. The molecule has 0 aromatic rings. The average molecular weight is 240 g/mol. The Morgan fingerprint density at radius 2 is 2.25 bits per heavy atom. The normalized spacial score (nSPS) is 26.5. The van der Waals surface area contributed by atoms with E-state index in [2.05, 4.69) is 15.4 Å². The van der Waals surface area contributed by atoms with E-state index in [-0.39, 0.29) is 0 Å². The predicted octanol–water partition coefficient (Wildman–Crippen LogP) is 0.289. The van der Waals surface area contributed by atoms with Crippen LogP contribution >= 0.6 is 0 Å². The second-order valence-corrected chi connectivity index (χ2v) is 3.73. The maximum absolute atomic E-state index is 12.0. The van der Waals surface area contributed by atoms with Crippen LogP contribution in [0.4, 0.5) is 13.2 Å². The summed E-state index contributed by atoms with van der Waals surface area (Å²) in [6.07, 6.45) is -3.78. The summed E-state index contributed by atoms with van der Waals surface area (Å²) in [5.74, 6) is -0.963. The van der Waals surface area contributed by atoms with E-state index in [1.807, 2.05) is 0 Å². The fourth-order valence-corrected chi connectivity index (χ4v) is 1.75. The van der Waals surface area contributed by atoms with Crippen LogP contribution in [0.25, 0.3) is 0 Å². The molecule has 1 rings (SSSR count). The van der Waals surface area contributed by atoms with Gasteiger partial charge in [0, 0.05) is 12.6 Å². The van der Waals surface area contributed by atoms with Gasteiger partial charge >= 0.3 is 12.1 Å². The molecule has 0 amide bonds. The van der Waals surface area contributed by atoms with Crippen LogP contribution in [0, 0.1) is 5.92 Å². The van der Waals surface area contributed by atoms with Gasteiger partial charge in [0.2, 0.25) is 0 Å². The zero-order chi connectivity index (χ0) is 12.2. The first kappa shape index (κ1) is 13.2. The number of ether oxygens (including phenoxy) is 1. The maximum Gasteiger partial charge on any atom is 0.401 e. The van der Waals surface area contributed by atoms with Gasteiger partial charge in [0.05, 0.1) is 19.6 Å². The minimum absolute atomic E-state index is 0.343. The van der Waals surface area contributed by atoms with Crippen molar-refractivity contribution < 1.29 is 22.7 Å². The van der Waals surface area contributed by atoms with Gasteiger partial charge in [-0.25, -0.2) is 0 Å². The highest BCUT2D eigenvalue weighted by Crippen LogP contribution is 2.17. The largest absolute Gasteiger partial charge is 0.469 e. The third-order valence-corrected chi connectivity index (χ3v) is 2.55. The number of hydrogen-bond donors (Lipinski definition) is 2. The van der Waals surface area contributed by atoms with E-state index in [0.29, 0.717) is 19.5 Å². The van der Waals surface area contributed by atoms with Crippen LogP contribution in [0.5, 0.6) is 0 Å². The van der Waals surface area contributed by atoms with Crippen LogP contribution in [0.2, 0.25) is 0 Å². The number of methoxy groups -OCH3 is 1. The first-order valence-corrected chi connectivity index (χ1v) is 5.02. The van der Waals surface area contributed by atoms with Crippen molar-refractivity contribution in [2.45, 2.75) is 18.6 Å². The average Bonchev–Trinajstić information content (AvgIpc) is 2.25. The van der Waals surface area contributed by atoms with Crippen molar-refractivity contribution in [3.05, 3.63) is 0 Å². The highest BCUT2D eigenvalue weighted by atomic mass is 19.4. The second-order valence-electron chi connectivity index (χ2n) is 3.73. The number of alkyl halides is 3. The van der Waals surface area contributed by atoms with E-state index in [1.165, 1.54) is 7.11 Å². The van der Waals surface area contributed by atoms with Crippen LogP contribution in [-0.2, 0) is 9.53 Å². The molecule has 4 nitrogen and oxygen atoms in total. The molecule has 0 spiro atoms. The van der Waals surface area contributed by atoms with Crippen molar-refractivity contribution in [2.75, 3.05) is 26.7 Å². The van der Waals surface area contributed by atoms with Crippen molar-refractivity contribution in [1.82, 2.24) is 10.6 Å². The summed E-state index contributed by atoms with van der Waals surface area (Å²) in [5, 5.41) is 5.28. The SMILES string of the molecule is COC(=O)C1CCNCC1NCC(F)(F)F. The fourth-order valence-electron chi connectivity index (χ4n) is 1.75. The van der Waals surface area contributed by atoms with Crippen molar-refractivity contribution >= 4 is 5.97 Å². The van der Waals surface area contributed by atoms with Crippen LogP contribution in [-0.4, -0.2) is 44.9 Å². The Labute approximate surface area is 91.5 Å². The van der Waals surface area contributed by atoms with Gasteiger partial charge in [-0.3, -0.25) is 4.79 Å². The molecule has 2 unspecified atom stereocenters. The lowest BCUT2D eigenvalue weighted by Gasteiger charge is -2.31. The highest BCUT2D eigenvalue weighted by molar-refractivity contribution is 5.73. The molecular weight excluding hydrogens is 225 g/mol. The molecule has 7 heteroatoms. The van der Waals surface area contributed by atoms with Gasteiger partial charge in [-0.15, -0.1) is 0 Å². The molecule has 0 aliphatic carbocycles. The van der Waals surface area contributed by atoms with Gasteiger partial charge in [0.15, 0.2) is 0 Å². The monoisotopic (exact) mass is 240 g/mol. The molecule has 2 N–H and O–H groups in total. The van der Waals surface area contributed by atoms with E-state index in [0.717, 1.165) is 0 Å². The third-order valence-electron chi connectivity index (χ3n) is 2.55. The van der Waals surface area contributed by atoms with Crippen molar-refractivity contribution in [2.24, 2.45) is 5.92 Å². The molecule has 1 saturated heterocycles. The summed E-state index contributed by atoms with van der Waals surface area (Å²) in [7, 11) is 1.24. The Morgan fingerprint density at radius 3 is 2.81 bits per heavy atom. The van der Waals surface area contributed by atoms with Gasteiger partial charge in [-0.1, -0.05) is 0 Å². The molecule has 1 fully saturated rings. The van der Waals surface area contributed by atoms with Crippen LogP contribution < -0.4 is 10.6 Å². The summed E-state index contributed by atoms with van der Waals surface area (Å²) in [5.41, 5.74) is 0. The highest BCUT2D eigenvalue weighted by Gasteiger charge is 2.35. The molecule has 0 aromatic carbocycles. The number of carbonyl (C=O) groups is 1. The lowest BCUT2D eigenvalue weighted by Crippen LogP contribution is -2.53. The van der Waals surface area contributed by atoms with Crippen molar-refractivity contribution in [1.29, 1.82) is 0 Å². The Balaban J connectivity index is 2.50. The van der Waals surface area contributed by atoms with Gasteiger partial charge in [0.1, 0.15) is 0 Å². The van der Waals surface area contributed by atoms with Gasteiger partial charge in [-0.05, 0) is 13.0 Å². The Hall–Kier alpha value is -0.820. The number of hydrogen-bond acceptors (Lipinski definition) is 4. The first-order valence-electron chi connectivity index (χ1n) is 5.02. The van der Waals surface area contributed by atoms with E-state index in [1.54, 1.807) is 0 Å². The van der Waals surface area contributed by atoms with E-state index < -0.39 is 30.7 Å². The van der Waals surface area contributed by atoms with Crippen LogP contribution in [0.3, 0.4) is 0 Å². The maximum atomic E-state index is 12.0. The van der Waals surface area contributed by atoms with Gasteiger partial charge in [0.25, 0.3) is 0 Å². The van der Waals surface area contributed by atoms with E-state index in [4.69, 9.17) is 0 Å². The standard InChI is InChI=1S/C9H15F3N2O2/c1-16-8(15)6-2-3-13-4-7(6)14-5-9(10,11)12/h6-7,13-14H,2-5H2,1H3. The molecule has 0 bridgehead atoms. The smallest absolute Gasteiger partial charge is 0.401 e. The molecular formula is C9H15F3N2O2. The number of nitrogens with one attached hydrogen (secondary N) is 2. The zero-order valence-corrected chi connectivity index (χ0v) is 8.93. The summed E-state index contributed by atoms with van der Waals surface area (Å²) in [6.45, 7) is -0.132. The number of esters is 1. The number of piperidine rings is 1. The van der Waals surface area contributed by atoms with Crippen molar-refractivity contribution in [3.8, 4) is 0 Å². The zero-order valence-electron chi connectivity index (χ0n) is 8.93. The number of rotatable bonds is 3. The molecule has 16 heavy (non-hydrogen) atoms. The third kappa shape index (κ3) is 3.97. The second kappa shape index (κ2) is 5.49. The number of halogens is 3. The van der Waals surface area contributed by atoms with Gasteiger partial charge in [-0.2, -0.15) is 13.2 Å². The van der Waals surface area contributed by atoms with Crippen LogP contribution in [0.15, 0.2) is 0 Å². The van der Waals surface area contributed by atoms with Crippen molar-refractivity contribution in [3.63, 3.8) is 0 Å². The Kier molecular flexibility index (Phi) is 4.55. The molecule has 0 radical (unpaired) electrons. The number of carbonyl (C=O) groups excluding carboxylic acids is 1. The topological polar surface area (TPSA) is 50.4 Å². The molecule has 0 saturated carbocycles. The molecule has 0 aromatic heterocycles. The lowest BCUT2D eigenvalue weighted by molar-refractivity contribution is -0.149. The first-order chi connectivity index (χ1) is 7.44. The fraction of sp³-hybridized carbons (Fsp3) is 0.889. The Bertz CT molecular complexity index is 245. The molecule has 1 heterocycles. The lowest BCUT2D eigenvalue weighted by atomic mass is 9.93. The summed E-state index contributed by atoms with van der Waals surface area (Å²) in [6, 6.07) is -0.525. The van der Waals surface area contributed by atoms with Gasteiger partial charge < -0.3 is 15.4 Å². The summed E-state index contributed by atoms with van der Waals surface area (Å²) in [4.78, 5) is 11.3. The van der Waals surface area contributed by atoms with E-state index >= 15 is 0 Å². The molecule has 94 valence electrons. The molecule has 1 aliphatic heterocycles. The minimum Gasteiger partial charge on any atom is -0.469 e.